The molecule has 0 aromatic rings. The fourth-order valence-electron chi connectivity index (χ4n) is 1.42. The summed E-state index contributed by atoms with van der Waals surface area (Å²) in [7, 11) is 0. The first-order chi connectivity index (χ1) is 6.09. The van der Waals surface area contributed by atoms with Crippen LogP contribution in [0, 0.1) is 5.92 Å². The van der Waals surface area contributed by atoms with E-state index in [0.717, 1.165) is 24.8 Å². The van der Waals surface area contributed by atoms with E-state index in [1.165, 1.54) is 0 Å². The zero-order valence-corrected chi connectivity index (χ0v) is 9.09. The zero-order valence-electron chi connectivity index (χ0n) is 9.09. The molecule has 0 aliphatic rings. The summed E-state index contributed by atoms with van der Waals surface area (Å²) < 4.78 is 0. The quantitative estimate of drug-likeness (QED) is 0.493. The summed E-state index contributed by atoms with van der Waals surface area (Å²) in [6, 6.07) is 0. The Kier molecular flexibility index (Phi) is 6.61. The van der Waals surface area contributed by atoms with E-state index < -0.39 is 0 Å². The summed E-state index contributed by atoms with van der Waals surface area (Å²) in [5.74, 6) is 0.448. The van der Waals surface area contributed by atoms with E-state index in [2.05, 4.69) is 26.5 Å². The van der Waals surface area contributed by atoms with Crippen molar-refractivity contribution in [2.24, 2.45) is 5.92 Å². The molecule has 0 radical (unpaired) electrons. The lowest BCUT2D eigenvalue weighted by molar-refractivity contribution is 0.219. The molecule has 1 unspecified atom stereocenters. The Labute approximate surface area is 82.2 Å². The maximum absolute atomic E-state index is 9.45. The second kappa shape index (κ2) is 6.90. The molecular weight excluding hydrogens is 160 g/mol. The first kappa shape index (κ1) is 12.4. The fraction of sp³-hybridized carbons (Fsp3) is 0.667. The molecule has 1 nitrogen and oxygen atoms in total. The average molecular weight is 182 g/mol. The van der Waals surface area contributed by atoms with Gasteiger partial charge in [0.25, 0.3) is 0 Å². The molecule has 0 heterocycles. The number of rotatable bonds is 6. The first-order valence-electron chi connectivity index (χ1n) is 5.08. The van der Waals surface area contributed by atoms with Gasteiger partial charge in [0.1, 0.15) is 0 Å². The number of aliphatic hydroxyl groups is 1. The van der Waals surface area contributed by atoms with Gasteiger partial charge < -0.3 is 5.11 Å². The molecule has 0 saturated heterocycles. The van der Waals surface area contributed by atoms with E-state index >= 15 is 0 Å². The van der Waals surface area contributed by atoms with Crippen LogP contribution >= 0.6 is 0 Å². The molecule has 1 N–H and O–H groups in total. The third kappa shape index (κ3) is 5.64. The second-order valence-corrected chi connectivity index (χ2v) is 3.75. The Morgan fingerprint density at radius 3 is 2.31 bits per heavy atom. The van der Waals surface area contributed by atoms with E-state index in [9.17, 15) is 5.11 Å². The maximum atomic E-state index is 9.45. The highest BCUT2D eigenvalue weighted by Gasteiger charge is 2.07. The predicted molar refractivity (Wildman–Crippen MR) is 58.6 cm³/mol. The van der Waals surface area contributed by atoms with Crippen LogP contribution in [0.1, 0.15) is 40.0 Å². The van der Waals surface area contributed by atoms with Gasteiger partial charge in [-0.05, 0) is 37.7 Å². The van der Waals surface area contributed by atoms with E-state index in [0.29, 0.717) is 5.92 Å². The van der Waals surface area contributed by atoms with E-state index in [1.807, 2.05) is 13.0 Å². The van der Waals surface area contributed by atoms with Crippen LogP contribution in [0.2, 0.25) is 0 Å². The second-order valence-electron chi connectivity index (χ2n) is 3.75. The topological polar surface area (TPSA) is 20.2 Å². The molecule has 0 aliphatic carbocycles. The largest absolute Gasteiger partial charge is 0.389 e. The summed E-state index contributed by atoms with van der Waals surface area (Å²) in [6.45, 7) is 9.74. The number of hydrogen-bond donors (Lipinski definition) is 1. The Hall–Kier alpha value is -0.560. The van der Waals surface area contributed by atoms with Crippen molar-refractivity contribution in [3.05, 3.63) is 24.3 Å². The van der Waals surface area contributed by atoms with Crippen molar-refractivity contribution in [3.8, 4) is 0 Å². The fourth-order valence-corrected chi connectivity index (χ4v) is 1.42. The Morgan fingerprint density at radius 1 is 1.31 bits per heavy atom. The first-order valence-corrected chi connectivity index (χ1v) is 5.08. The van der Waals surface area contributed by atoms with Crippen LogP contribution in [0.5, 0.6) is 0 Å². The predicted octanol–water partition coefficient (Wildman–Crippen LogP) is 3.31. The Morgan fingerprint density at radius 2 is 1.92 bits per heavy atom. The van der Waals surface area contributed by atoms with Gasteiger partial charge in [-0.15, -0.1) is 6.58 Å². The van der Waals surface area contributed by atoms with Crippen molar-refractivity contribution in [1.29, 1.82) is 0 Å². The van der Waals surface area contributed by atoms with Crippen molar-refractivity contribution in [3.63, 3.8) is 0 Å². The smallest absolute Gasteiger partial charge is 0.0724 e. The molecule has 1 atom stereocenters. The lowest BCUT2D eigenvalue weighted by atomic mass is 9.97. The van der Waals surface area contributed by atoms with Crippen molar-refractivity contribution in [2.45, 2.75) is 46.1 Å². The van der Waals surface area contributed by atoms with E-state index in [1.54, 1.807) is 0 Å². The zero-order chi connectivity index (χ0) is 10.3. The number of allylic oxidation sites excluding steroid dienone is 2. The molecule has 0 fully saturated rings. The van der Waals surface area contributed by atoms with Gasteiger partial charge in [0.2, 0.25) is 0 Å². The summed E-state index contributed by atoms with van der Waals surface area (Å²) in [4.78, 5) is 0. The lowest BCUT2D eigenvalue weighted by Gasteiger charge is -2.14. The maximum Gasteiger partial charge on any atom is 0.0724 e. The van der Waals surface area contributed by atoms with E-state index in [-0.39, 0.29) is 6.10 Å². The molecule has 0 spiro atoms. The van der Waals surface area contributed by atoms with Crippen molar-refractivity contribution in [1.82, 2.24) is 0 Å². The molecule has 0 aliphatic heterocycles. The van der Waals surface area contributed by atoms with Gasteiger partial charge in [-0.1, -0.05) is 26.0 Å². The van der Waals surface area contributed by atoms with Gasteiger partial charge in [-0.3, -0.25) is 0 Å². The van der Waals surface area contributed by atoms with Gasteiger partial charge in [0.05, 0.1) is 6.10 Å². The molecule has 0 aromatic heterocycles. The monoisotopic (exact) mass is 182 g/mol. The summed E-state index contributed by atoms with van der Waals surface area (Å²) in [6.07, 6.45) is 7.03. The minimum atomic E-state index is -0.302. The molecule has 13 heavy (non-hydrogen) atoms. The summed E-state index contributed by atoms with van der Waals surface area (Å²) >= 11 is 0. The molecule has 76 valence electrons. The van der Waals surface area contributed by atoms with Gasteiger partial charge >= 0.3 is 0 Å². The highest BCUT2D eigenvalue weighted by molar-refractivity contribution is 5.09. The summed E-state index contributed by atoms with van der Waals surface area (Å²) in [5.41, 5.74) is 1.16. The van der Waals surface area contributed by atoms with Crippen molar-refractivity contribution >= 4 is 0 Å². The van der Waals surface area contributed by atoms with Gasteiger partial charge in [-0.25, -0.2) is 0 Å². The van der Waals surface area contributed by atoms with Crippen molar-refractivity contribution < 1.29 is 5.11 Å². The summed E-state index contributed by atoms with van der Waals surface area (Å²) in [5, 5.41) is 9.45. The van der Waals surface area contributed by atoms with Crippen LogP contribution in [0.3, 0.4) is 0 Å². The van der Waals surface area contributed by atoms with Crippen LogP contribution in [0.15, 0.2) is 24.3 Å². The van der Waals surface area contributed by atoms with Gasteiger partial charge in [0.15, 0.2) is 0 Å². The van der Waals surface area contributed by atoms with Crippen molar-refractivity contribution in [2.75, 3.05) is 0 Å². The molecule has 0 rings (SSSR count). The minimum absolute atomic E-state index is 0.302. The SMILES string of the molecule is C=CCCC/C=C(/C(C)C)C(C)O. The molecular formula is C12H22O. The highest BCUT2D eigenvalue weighted by atomic mass is 16.3. The normalized spacial score (nSPS) is 14.7. The van der Waals surface area contributed by atoms with Crippen LogP contribution in [0.4, 0.5) is 0 Å². The number of hydrogen-bond acceptors (Lipinski definition) is 1. The third-order valence-electron chi connectivity index (χ3n) is 2.14. The molecule has 0 aromatic carbocycles. The third-order valence-corrected chi connectivity index (χ3v) is 2.14. The van der Waals surface area contributed by atoms with Crippen LogP contribution in [0.25, 0.3) is 0 Å². The Bertz CT molecular complexity index is 156. The molecule has 0 amide bonds. The molecule has 0 bridgehead atoms. The van der Waals surface area contributed by atoms with Gasteiger partial charge in [0, 0.05) is 0 Å². The molecule has 0 saturated carbocycles. The average Bonchev–Trinajstić information content (AvgIpc) is 2.02. The lowest BCUT2D eigenvalue weighted by Crippen LogP contribution is -2.10. The standard InChI is InChI=1S/C12H22O/c1-5-6-7-8-9-12(10(2)3)11(4)13/h5,9-11,13H,1,6-8H2,2-4H3/b12-9-. The highest BCUT2D eigenvalue weighted by Crippen LogP contribution is 2.15. The van der Waals surface area contributed by atoms with E-state index in [4.69, 9.17) is 0 Å². The van der Waals surface area contributed by atoms with Gasteiger partial charge in [-0.2, -0.15) is 0 Å². The van der Waals surface area contributed by atoms with Crippen LogP contribution in [-0.4, -0.2) is 11.2 Å². The minimum Gasteiger partial charge on any atom is -0.389 e. The number of aliphatic hydroxyl groups excluding tert-OH is 1. The van der Waals surface area contributed by atoms with Crippen LogP contribution < -0.4 is 0 Å². The molecule has 1 heteroatoms. The Balaban J connectivity index is 3.97. The number of unbranched alkanes of at least 4 members (excludes halogenated alkanes) is 2. The van der Waals surface area contributed by atoms with Crippen LogP contribution in [-0.2, 0) is 0 Å².